The maximum absolute atomic E-state index is 2.65. The van der Waals surface area contributed by atoms with E-state index in [-0.39, 0.29) is 2.85 Å². The fourth-order valence-corrected chi connectivity index (χ4v) is 0.759. The van der Waals surface area contributed by atoms with Crippen molar-refractivity contribution in [1.29, 1.82) is 0 Å². The average molecular weight is 120 g/mol. The summed E-state index contributed by atoms with van der Waals surface area (Å²) in [6.45, 7) is 2.09. The fraction of sp³-hybridized carbons (Fsp3) is 0.143. The summed E-state index contributed by atoms with van der Waals surface area (Å²) >= 11 is 2.65. The summed E-state index contributed by atoms with van der Waals surface area (Å²) < 4.78 is 1.25. The minimum atomic E-state index is 0. The molecule has 1 aromatic rings. The molecular formula is C7H9Al. The monoisotopic (exact) mass is 120 g/mol. The first kappa shape index (κ1) is 5.88. The van der Waals surface area contributed by atoms with Crippen molar-refractivity contribution < 1.29 is 2.85 Å². The summed E-state index contributed by atoms with van der Waals surface area (Å²) in [6, 6.07) is 8.37. The van der Waals surface area contributed by atoms with Gasteiger partial charge >= 0.3 is 57.5 Å². The second-order valence-corrected chi connectivity index (χ2v) is 2.58. The zero-order valence-corrected chi connectivity index (χ0v) is 6.04. The molecule has 0 spiro atoms. The first-order valence-corrected chi connectivity index (χ1v) is 3.19. The molecule has 40 valence electrons. The molecule has 0 aromatic heterocycles. The molecule has 0 atom stereocenters. The summed E-state index contributed by atoms with van der Waals surface area (Å²) in [5.74, 6) is 0. The molecular weight excluding hydrogens is 111 g/mol. The van der Waals surface area contributed by atoms with Gasteiger partial charge in [-0.25, -0.2) is 0 Å². The molecule has 0 unspecified atom stereocenters. The van der Waals surface area contributed by atoms with Gasteiger partial charge in [-0.05, 0) is 0 Å². The predicted octanol–water partition coefficient (Wildman–Crippen LogP) is 1.01. The zero-order chi connectivity index (χ0) is 5.98. The Balaban J connectivity index is 0. The SMILES string of the molecule is Cc1cc[c]([Al+2])cc1.[H-].[H-]. The molecule has 1 heteroatoms. The predicted molar refractivity (Wildman–Crippen MR) is 38.8 cm³/mol. The standard InChI is InChI=1S/C7H7.Al.2H/c1-7-5-3-2-4-6-7;;;/h3-6H,1H3;;;/q;+2;2*-1. The third kappa shape index (κ3) is 1.37. The molecule has 1 aromatic carbocycles. The van der Waals surface area contributed by atoms with Crippen LogP contribution < -0.4 is 4.43 Å². The average Bonchev–Trinajstić information content (AvgIpc) is 1.77. The van der Waals surface area contributed by atoms with Crippen molar-refractivity contribution in [3.63, 3.8) is 0 Å². The van der Waals surface area contributed by atoms with Crippen molar-refractivity contribution in [2.45, 2.75) is 6.92 Å². The molecule has 0 aliphatic heterocycles. The van der Waals surface area contributed by atoms with Gasteiger partial charge in [0.05, 0.1) is 0 Å². The number of rotatable bonds is 0. The molecule has 0 saturated heterocycles. The first-order chi connectivity index (χ1) is 3.79. The van der Waals surface area contributed by atoms with Crippen molar-refractivity contribution in [3.05, 3.63) is 29.8 Å². The van der Waals surface area contributed by atoms with E-state index in [9.17, 15) is 0 Å². The van der Waals surface area contributed by atoms with E-state index in [1.165, 1.54) is 9.99 Å². The summed E-state index contributed by atoms with van der Waals surface area (Å²) in [5, 5.41) is 0. The van der Waals surface area contributed by atoms with Gasteiger partial charge in [0, 0.05) is 0 Å². The molecule has 0 heterocycles. The van der Waals surface area contributed by atoms with Gasteiger partial charge in [-0.1, -0.05) is 0 Å². The Morgan fingerprint density at radius 1 is 1.25 bits per heavy atom. The molecule has 0 N–H and O–H groups in total. The maximum atomic E-state index is 2.65. The van der Waals surface area contributed by atoms with Crippen LogP contribution in [0.4, 0.5) is 0 Å². The van der Waals surface area contributed by atoms with Gasteiger partial charge in [0.25, 0.3) is 0 Å². The van der Waals surface area contributed by atoms with Crippen LogP contribution in [0.25, 0.3) is 0 Å². The van der Waals surface area contributed by atoms with E-state index in [2.05, 4.69) is 47.5 Å². The molecule has 0 saturated carbocycles. The van der Waals surface area contributed by atoms with E-state index in [0.717, 1.165) is 0 Å². The van der Waals surface area contributed by atoms with Crippen LogP contribution in [0.3, 0.4) is 0 Å². The number of aryl methyl sites for hydroxylation is 1. The third-order valence-electron chi connectivity index (χ3n) is 1.08. The Bertz CT molecular complexity index is 150. The molecule has 0 fully saturated rings. The summed E-state index contributed by atoms with van der Waals surface area (Å²) in [6.07, 6.45) is 0. The van der Waals surface area contributed by atoms with Crippen molar-refractivity contribution in [2.75, 3.05) is 0 Å². The van der Waals surface area contributed by atoms with Gasteiger partial charge in [0.15, 0.2) is 0 Å². The van der Waals surface area contributed by atoms with Crippen LogP contribution in [0, 0.1) is 6.92 Å². The molecule has 0 aliphatic rings. The van der Waals surface area contributed by atoms with Crippen LogP contribution in [0.2, 0.25) is 0 Å². The van der Waals surface area contributed by atoms with E-state index in [0.29, 0.717) is 0 Å². The van der Waals surface area contributed by atoms with Gasteiger partial charge in [0.2, 0.25) is 0 Å². The molecule has 1 rings (SSSR count). The summed E-state index contributed by atoms with van der Waals surface area (Å²) in [4.78, 5) is 0. The second-order valence-electron chi connectivity index (χ2n) is 1.91. The van der Waals surface area contributed by atoms with E-state index in [4.69, 9.17) is 0 Å². The van der Waals surface area contributed by atoms with Crippen molar-refractivity contribution in [3.8, 4) is 0 Å². The molecule has 0 aliphatic carbocycles. The number of hydrogen-bond donors (Lipinski definition) is 0. The van der Waals surface area contributed by atoms with Crippen molar-refractivity contribution in [1.82, 2.24) is 0 Å². The quantitative estimate of drug-likeness (QED) is 0.448. The fourth-order valence-electron chi connectivity index (χ4n) is 0.566. The normalized spacial score (nSPS) is 9.38. The minimum absolute atomic E-state index is 0. The molecule has 0 radical (unpaired) electrons. The maximum Gasteiger partial charge on any atom is -1.00 e. The van der Waals surface area contributed by atoms with Crippen molar-refractivity contribution in [2.24, 2.45) is 0 Å². The van der Waals surface area contributed by atoms with E-state index in [1.54, 1.807) is 0 Å². The largest absolute Gasteiger partial charge is 1.00 e. The topological polar surface area (TPSA) is 0 Å². The van der Waals surface area contributed by atoms with Gasteiger partial charge < -0.3 is 2.85 Å². The minimum Gasteiger partial charge on any atom is -1.00 e. The van der Waals surface area contributed by atoms with Crippen LogP contribution >= 0.6 is 0 Å². The van der Waals surface area contributed by atoms with E-state index < -0.39 is 0 Å². The van der Waals surface area contributed by atoms with Crippen molar-refractivity contribution >= 4 is 20.7 Å². The Hall–Kier alpha value is -0.248. The summed E-state index contributed by atoms with van der Waals surface area (Å²) in [7, 11) is 0. The van der Waals surface area contributed by atoms with Crippen LogP contribution in [-0.4, -0.2) is 16.3 Å². The smallest absolute Gasteiger partial charge is 1.00 e. The Morgan fingerprint density at radius 2 is 1.75 bits per heavy atom. The molecule has 0 bridgehead atoms. The first-order valence-electron chi connectivity index (χ1n) is 2.61. The summed E-state index contributed by atoms with van der Waals surface area (Å²) in [5.41, 5.74) is 1.32. The molecule has 8 heavy (non-hydrogen) atoms. The Labute approximate surface area is 60.9 Å². The van der Waals surface area contributed by atoms with Gasteiger partial charge in [0.1, 0.15) is 0 Å². The van der Waals surface area contributed by atoms with Gasteiger partial charge in [-0.15, -0.1) is 0 Å². The Morgan fingerprint density at radius 3 is 2.12 bits per heavy atom. The van der Waals surface area contributed by atoms with Crippen LogP contribution in [0.5, 0.6) is 0 Å². The van der Waals surface area contributed by atoms with Gasteiger partial charge in [-0.3, -0.25) is 0 Å². The van der Waals surface area contributed by atoms with Crippen LogP contribution in [-0.2, 0) is 0 Å². The van der Waals surface area contributed by atoms with Crippen LogP contribution in [0.1, 0.15) is 8.42 Å². The molecule has 0 nitrogen and oxygen atoms in total. The number of benzene rings is 1. The molecule has 0 amide bonds. The van der Waals surface area contributed by atoms with E-state index >= 15 is 0 Å². The third-order valence-corrected chi connectivity index (χ3v) is 1.46. The zero-order valence-electron chi connectivity index (χ0n) is 6.89. The van der Waals surface area contributed by atoms with Gasteiger partial charge in [-0.2, -0.15) is 0 Å². The second kappa shape index (κ2) is 2.35. The van der Waals surface area contributed by atoms with E-state index in [1.807, 2.05) is 0 Å². The Kier molecular flexibility index (Phi) is 1.73. The number of hydrogen-bond acceptors (Lipinski definition) is 0. The van der Waals surface area contributed by atoms with Crippen LogP contribution in [0.15, 0.2) is 24.3 Å².